The van der Waals surface area contributed by atoms with Crippen molar-refractivity contribution in [1.82, 2.24) is 9.55 Å². The SMILES string of the molecule is Cc1nccn1CCCC(=N)N. The summed E-state index contributed by atoms with van der Waals surface area (Å²) in [5.74, 6) is 1.27. The van der Waals surface area contributed by atoms with Crippen LogP contribution in [0.3, 0.4) is 0 Å². The second kappa shape index (κ2) is 3.90. The smallest absolute Gasteiger partial charge is 0.105 e. The van der Waals surface area contributed by atoms with E-state index in [9.17, 15) is 0 Å². The van der Waals surface area contributed by atoms with Crippen molar-refractivity contribution in [2.45, 2.75) is 26.3 Å². The average Bonchev–Trinajstić information content (AvgIpc) is 2.36. The van der Waals surface area contributed by atoms with E-state index in [2.05, 4.69) is 9.55 Å². The van der Waals surface area contributed by atoms with Gasteiger partial charge in [0.25, 0.3) is 0 Å². The Morgan fingerprint density at radius 2 is 2.50 bits per heavy atom. The molecule has 0 aliphatic carbocycles. The lowest BCUT2D eigenvalue weighted by molar-refractivity contribution is 0.638. The van der Waals surface area contributed by atoms with Crippen LogP contribution in [-0.4, -0.2) is 15.4 Å². The summed E-state index contributed by atoms with van der Waals surface area (Å²) >= 11 is 0. The molecule has 1 rings (SSSR count). The van der Waals surface area contributed by atoms with Crippen molar-refractivity contribution in [3.05, 3.63) is 18.2 Å². The van der Waals surface area contributed by atoms with E-state index < -0.39 is 0 Å². The lowest BCUT2D eigenvalue weighted by Crippen LogP contribution is -2.10. The van der Waals surface area contributed by atoms with Gasteiger partial charge in [-0.25, -0.2) is 4.98 Å². The fourth-order valence-electron chi connectivity index (χ4n) is 1.08. The molecular formula is C8H14N4. The summed E-state index contributed by atoms with van der Waals surface area (Å²) in [6, 6.07) is 0. The number of rotatable bonds is 4. The van der Waals surface area contributed by atoms with Gasteiger partial charge in [-0.15, -0.1) is 0 Å². The fraction of sp³-hybridized carbons (Fsp3) is 0.500. The Balaban J connectivity index is 2.33. The van der Waals surface area contributed by atoms with Crippen LogP contribution in [0.1, 0.15) is 18.7 Å². The number of aromatic nitrogens is 2. The minimum absolute atomic E-state index is 0.257. The van der Waals surface area contributed by atoms with Gasteiger partial charge >= 0.3 is 0 Å². The van der Waals surface area contributed by atoms with Crippen molar-refractivity contribution >= 4 is 5.84 Å². The number of nitrogens with zero attached hydrogens (tertiary/aromatic N) is 2. The highest BCUT2D eigenvalue weighted by Gasteiger charge is 1.96. The zero-order chi connectivity index (χ0) is 8.97. The summed E-state index contributed by atoms with van der Waals surface area (Å²) in [6.07, 6.45) is 5.29. The molecule has 0 aliphatic heterocycles. The Kier molecular flexibility index (Phi) is 2.85. The van der Waals surface area contributed by atoms with Crippen molar-refractivity contribution in [2.24, 2.45) is 5.73 Å². The molecule has 0 radical (unpaired) electrons. The van der Waals surface area contributed by atoms with Gasteiger partial charge in [-0.2, -0.15) is 0 Å². The van der Waals surface area contributed by atoms with Crippen LogP contribution < -0.4 is 5.73 Å². The highest BCUT2D eigenvalue weighted by molar-refractivity contribution is 5.76. The molecule has 0 spiro atoms. The Bertz CT molecular complexity index is 264. The van der Waals surface area contributed by atoms with Crippen LogP contribution in [0.25, 0.3) is 0 Å². The topological polar surface area (TPSA) is 67.7 Å². The maximum absolute atomic E-state index is 7.03. The number of imidazole rings is 1. The molecule has 0 fully saturated rings. The van der Waals surface area contributed by atoms with Crippen LogP contribution >= 0.6 is 0 Å². The summed E-state index contributed by atoms with van der Waals surface area (Å²) in [7, 11) is 0. The molecule has 66 valence electrons. The van der Waals surface area contributed by atoms with E-state index in [1.807, 2.05) is 13.1 Å². The Morgan fingerprint density at radius 1 is 1.75 bits per heavy atom. The average molecular weight is 166 g/mol. The van der Waals surface area contributed by atoms with Gasteiger partial charge in [0.1, 0.15) is 5.82 Å². The van der Waals surface area contributed by atoms with Gasteiger partial charge in [0.2, 0.25) is 0 Å². The van der Waals surface area contributed by atoms with Crippen molar-refractivity contribution in [2.75, 3.05) is 0 Å². The summed E-state index contributed by atoms with van der Waals surface area (Å²) in [5.41, 5.74) is 5.23. The van der Waals surface area contributed by atoms with Crippen LogP contribution in [0.2, 0.25) is 0 Å². The summed E-state index contributed by atoms with van der Waals surface area (Å²) < 4.78 is 2.06. The van der Waals surface area contributed by atoms with Gasteiger partial charge in [-0.3, -0.25) is 5.41 Å². The maximum Gasteiger partial charge on any atom is 0.105 e. The number of amidine groups is 1. The standard InChI is InChI=1S/C8H14N4/c1-7-11-4-6-12(7)5-2-3-8(9)10/h4,6H,2-3,5H2,1H3,(H3,9,10). The zero-order valence-electron chi connectivity index (χ0n) is 7.25. The summed E-state index contributed by atoms with van der Waals surface area (Å²) in [6.45, 7) is 2.86. The van der Waals surface area contributed by atoms with Crippen LogP contribution in [0.5, 0.6) is 0 Å². The molecule has 0 unspecified atom stereocenters. The Labute approximate surface area is 71.9 Å². The van der Waals surface area contributed by atoms with Crippen molar-refractivity contribution in [3.8, 4) is 0 Å². The Hall–Kier alpha value is -1.32. The first-order chi connectivity index (χ1) is 5.70. The van der Waals surface area contributed by atoms with Gasteiger partial charge in [-0.05, 0) is 13.3 Å². The lowest BCUT2D eigenvalue weighted by atomic mass is 10.3. The molecule has 0 amide bonds. The number of aryl methyl sites for hydroxylation is 2. The fourth-order valence-corrected chi connectivity index (χ4v) is 1.08. The second-order valence-corrected chi connectivity index (χ2v) is 2.80. The largest absolute Gasteiger partial charge is 0.388 e. The van der Waals surface area contributed by atoms with E-state index in [-0.39, 0.29) is 5.84 Å². The first kappa shape index (κ1) is 8.77. The maximum atomic E-state index is 7.03. The first-order valence-corrected chi connectivity index (χ1v) is 4.01. The molecule has 4 heteroatoms. The minimum atomic E-state index is 0.257. The molecule has 0 atom stereocenters. The molecule has 4 nitrogen and oxygen atoms in total. The quantitative estimate of drug-likeness (QED) is 0.515. The van der Waals surface area contributed by atoms with Crippen molar-refractivity contribution in [1.29, 1.82) is 5.41 Å². The minimum Gasteiger partial charge on any atom is -0.388 e. The predicted octanol–water partition coefficient (Wildman–Crippen LogP) is 0.908. The van der Waals surface area contributed by atoms with Gasteiger partial charge in [-0.1, -0.05) is 0 Å². The molecule has 0 aromatic carbocycles. The van der Waals surface area contributed by atoms with Crippen LogP contribution in [0.15, 0.2) is 12.4 Å². The zero-order valence-corrected chi connectivity index (χ0v) is 7.25. The van der Waals surface area contributed by atoms with Crippen LogP contribution in [-0.2, 0) is 6.54 Å². The van der Waals surface area contributed by atoms with Crippen LogP contribution in [0, 0.1) is 12.3 Å². The van der Waals surface area contributed by atoms with E-state index >= 15 is 0 Å². The van der Waals surface area contributed by atoms with Gasteiger partial charge in [0, 0.05) is 25.4 Å². The van der Waals surface area contributed by atoms with E-state index in [1.165, 1.54) is 0 Å². The third-order valence-electron chi connectivity index (χ3n) is 1.77. The molecule has 1 aromatic rings. The third-order valence-corrected chi connectivity index (χ3v) is 1.77. The van der Waals surface area contributed by atoms with Crippen molar-refractivity contribution in [3.63, 3.8) is 0 Å². The van der Waals surface area contributed by atoms with Gasteiger partial charge < -0.3 is 10.3 Å². The predicted molar refractivity (Wildman–Crippen MR) is 48.1 cm³/mol. The van der Waals surface area contributed by atoms with Gasteiger partial charge in [0.05, 0.1) is 5.84 Å². The van der Waals surface area contributed by atoms with Crippen LogP contribution in [0.4, 0.5) is 0 Å². The normalized spacial score (nSPS) is 10.1. The highest BCUT2D eigenvalue weighted by Crippen LogP contribution is 1.98. The highest BCUT2D eigenvalue weighted by atomic mass is 15.0. The number of nitrogens with two attached hydrogens (primary N) is 1. The van der Waals surface area contributed by atoms with E-state index in [4.69, 9.17) is 11.1 Å². The second-order valence-electron chi connectivity index (χ2n) is 2.80. The number of hydrogen-bond donors (Lipinski definition) is 2. The first-order valence-electron chi connectivity index (χ1n) is 4.01. The molecular weight excluding hydrogens is 152 g/mol. The molecule has 0 saturated carbocycles. The van der Waals surface area contributed by atoms with E-state index in [0.29, 0.717) is 6.42 Å². The number of nitrogens with one attached hydrogen (secondary N) is 1. The monoisotopic (exact) mass is 166 g/mol. The lowest BCUT2D eigenvalue weighted by Gasteiger charge is -2.03. The van der Waals surface area contributed by atoms with E-state index in [0.717, 1.165) is 18.8 Å². The molecule has 12 heavy (non-hydrogen) atoms. The molecule has 3 N–H and O–H groups in total. The molecule has 1 aromatic heterocycles. The third kappa shape index (κ3) is 2.38. The van der Waals surface area contributed by atoms with Crippen molar-refractivity contribution < 1.29 is 0 Å². The molecule has 0 bridgehead atoms. The molecule has 0 saturated heterocycles. The summed E-state index contributed by atoms with van der Waals surface area (Å²) in [5, 5.41) is 7.03. The van der Waals surface area contributed by atoms with E-state index in [1.54, 1.807) is 6.20 Å². The van der Waals surface area contributed by atoms with Gasteiger partial charge in [0.15, 0.2) is 0 Å². The molecule has 0 aliphatic rings. The Morgan fingerprint density at radius 3 is 3.00 bits per heavy atom. The molecule has 1 heterocycles. The number of hydrogen-bond acceptors (Lipinski definition) is 2. The summed E-state index contributed by atoms with van der Waals surface area (Å²) in [4.78, 5) is 4.09.